The van der Waals surface area contributed by atoms with Gasteiger partial charge in [0.1, 0.15) is 5.75 Å². The van der Waals surface area contributed by atoms with Crippen molar-refractivity contribution < 1.29 is 4.74 Å². The first-order chi connectivity index (χ1) is 10.1. The van der Waals surface area contributed by atoms with Crippen molar-refractivity contribution in [2.24, 2.45) is 7.05 Å². The molecule has 0 aliphatic heterocycles. The maximum atomic E-state index is 6.31. The molecule has 1 atom stereocenters. The van der Waals surface area contributed by atoms with Gasteiger partial charge in [-0.2, -0.15) is 5.10 Å². The van der Waals surface area contributed by atoms with E-state index in [1.165, 1.54) is 0 Å². The molecule has 1 aromatic heterocycles. The zero-order valence-electron chi connectivity index (χ0n) is 12.4. The third-order valence-corrected chi connectivity index (χ3v) is 3.84. The van der Waals surface area contributed by atoms with Gasteiger partial charge < -0.3 is 10.1 Å². The minimum Gasteiger partial charge on any atom is -0.496 e. The lowest BCUT2D eigenvalue weighted by Gasteiger charge is -2.22. The van der Waals surface area contributed by atoms with Gasteiger partial charge in [0.05, 0.1) is 30.1 Å². The van der Waals surface area contributed by atoms with Crippen molar-refractivity contribution in [2.45, 2.75) is 19.4 Å². The summed E-state index contributed by atoms with van der Waals surface area (Å²) >= 11 is 12.4. The number of nitrogens with one attached hydrogen (secondary N) is 1. The Balaban J connectivity index is 2.50. The van der Waals surface area contributed by atoms with Gasteiger partial charge in [0.2, 0.25) is 0 Å². The van der Waals surface area contributed by atoms with E-state index in [-0.39, 0.29) is 6.04 Å². The molecule has 0 bridgehead atoms. The van der Waals surface area contributed by atoms with Crippen molar-refractivity contribution in [3.05, 3.63) is 45.7 Å². The van der Waals surface area contributed by atoms with Gasteiger partial charge in [-0.25, -0.2) is 0 Å². The summed E-state index contributed by atoms with van der Waals surface area (Å²) in [6.07, 6.45) is 2.67. The van der Waals surface area contributed by atoms with E-state index >= 15 is 0 Å². The zero-order valence-corrected chi connectivity index (χ0v) is 13.9. The van der Waals surface area contributed by atoms with Gasteiger partial charge in [-0.05, 0) is 25.1 Å². The number of aryl methyl sites for hydroxylation is 1. The van der Waals surface area contributed by atoms with Gasteiger partial charge in [0, 0.05) is 17.6 Å². The van der Waals surface area contributed by atoms with Crippen molar-refractivity contribution in [1.82, 2.24) is 15.1 Å². The summed E-state index contributed by atoms with van der Waals surface area (Å²) < 4.78 is 7.25. The maximum Gasteiger partial charge on any atom is 0.125 e. The highest BCUT2D eigenvalue weighted by atomic mass is 35.5. The molecule has 0 fully saturated rings. The molecule has 2 aromatic rings. The molecule has 0 aliphatic carbocycles. The minimum atomic E-state index is -0.0998. The first-order valence-corrected chi connectivity index (χ1v) is 7.58. The molecule has 2 rings (SSSR count). The van der Waals surface area contributed by atoms with Gasteiger partial charge in [0.15, 0.2) is 0 Å². The van der Waals surface area contributed by atoms with Gasteiger partial charge in [-0.1, -0.05) is 36.2 Å². The number of halogens is 2. The van der Waals surface area contributed by atoms with Crippen LogP contribution >= 0.6 is 23.2 Å². The molecule has 1 N–H and O–H groups in total. The van der Waals surface area contributed by atoms with E-state index in [1.807, 2.05) is 25.2 Å². The van der Waals surface area contributed by atoms with Crippen molar-refractivity contribution >= 4 is 23.2 Å². The third kappa shape index (κ3) is 3.51. The molecule has 114 valence electrons. The lowest BCUT2D eigenvalue weighted by atomic mass is 10.0. The summed E-state index contributed by atoms with van der Waals surface area (Å²) in [7, 11) is 3.52. The number of hydrogen-bond acceptors (Lipinski definition) is 3. The van der Waals surface area contributed by atoms with E-state index in [1.54, 1.807) is 18.0 Å². The fourth-order valence-electron chi connectivity index (χ4n) is 2.31. The molecule has 6 heteroatoms. The van der Waals surface area contributed by atoms with Crippen LogP contribution in [0.5, 0.6) is 5.75 Å². The summed E-state index contributed by atoms with van der Waals surface area (Å²) in [6, 6.07) is 5.52. The predicted molar refractivity (Wildman–Crippen MR) is 86.4 cm³/mol. The number of nitrogens with zero attached hydrogens (tertiary/aromatic N) is 2. The molecule has 1 heterocycles. The van der Waals surface area contributed by atoms with Gasteiger partial charge in [-0.3, -0.25) is 4.68 Å². The van der Waals surface area contributed by atoms with E-state index in [4.69, 9.17) is 27.9 Å². The molecule has 0 aliphatic rings. The smallest absolute Gasteiger partial charge is 0.125 e. The predicted octanol–water partition coefficient (Wildman–Crippen LogP) is 3.82. The molecule has 1 aromatic carbocycles. The molecule has 1 unspecified atom stereocenters. The fraction of sp³-hybridized carbons (Fsp3) is 0.400. The number of aromatic nitrogens is 2. The van der Waals surface area contributed by atoms with Gasteiger partial charge in [-0.15, -0.1) is 0 Å². The maximum absolute atomic E-state index is 6.31. The molecule has 0 spiro atoms. The van der Waals surface area contributed by atoms with Crippen molar-refractivity contribution in [3.63, 3.8) is 0 Å². The van der Waals surface area contributed by atoms with E-state index in [0.717, 1.165) is 30.0 Å². The van der Waals surface area contributed by atoms with Gasteiger partial charge >= 0.3 is 0 Å². The Morgan fingerprint density at radius 3 is 2.71 bits per heavy atom. The van der Waals surface area contributed by atoms with Crippen LogP contribution in [0.2, 0.25) is 10.0 Å². The van der Waals surface area contributed by atoms with Crippen LogP contribution in [-0.4, -0.2) is 23.4 Å². The summed E-state index contributed by atoms with van der Waals surface area (Å²) in [5, 5.41) is 8.98. The molecule has 0 saturated carbocycles. The largest absolute Gasteiger partial charge is 0.496 e. The quantitative estimate of drug-likeness (QED) is 0.876. The average molecular weight is 328 g/mol. The number of benzene rings is 1. The van der Waals surface area contributed by atoms with Crippen LogP contribution < -0.4 is 10.1 Å². The Hall–Kier alpha value is -1.23. The average Bonchev–Trinajstić information content (AvgIpc) is 2.80. The molecule has 4 nitrogen and oxygen atoms in total. The van der Waals surface area contributed by atoms with Crippen LogP contribution in [0.3, 0.4) is 0 Å². The number of rotatable bonds is 6. The lowest BCUT2D eigenvalue weighted by molar-refractivity contribution is 0.402. The molecule has 21 heavy (non-hydrogen) atoms. The Bertz CT molecular complexity index is 593. The normalized spacial score (nSPS) is 12.4. The molecule has 0 saturated heterocycles. The van der Waals surface area contributed by atoms with Crippen LogP contribution in [-0.2, 0) is 7.05 Å². The summed E-state index contributed by atoms with van der Waals surface area (Å²) in [6.45, 7) is 2.98. The van der Waals surface area contributed by atoms with Crippen LogP contribution in [0.1, 0.15) is 30.6 Å². The monoisotopic (exact) mass is 327 g/mol. The van der Waals surface area contributed by atoms with E-state index in [0.29, 0.717) is 10.0 Å². The second-order valence-corrected chi connectivity index (χ2v) is 5.62. The van der Waals surface area contributed by atoms with Crippen LogP contribution in [0.25, 0.3) is 0 Å². The van der Waals surface area contributed by atoms with Crippen molar-refractivity contribution in [2.75, 3.05) is 13.7 Å². The lowest BCUT2D eigenvalue weighted by Crippen LogP contribution is -2.26. The van der Waals surface area contributed by atoms with E-state index < -0.39 is 0 Å². The Morgan fingerprint density at radius 1 is 1.38 bits per heavy atom. The Labute approximate surface area is 135 Å². The number of hydrogen-bond donors (Lipinski definition) is 1. The Kier molecular flexibility index (Phi) is 5.51. The van der Waals surface area contributed by atoms with Crippen LogP contribution in [0, 0.1) is 0 Å². The van der Waals surface area contributed by atoms with Gasteiger partial charge in [0.25, 0.3) is 0 Å². The zero-order chi connectivity index (χ0) is 15.4. The third-order valence-electron chi connectivity index (χ3n) is 3.32. The number of methoxy groups -OCH3 is 1. The molecular formula is C15H19Cl2N3O. The number of ether oxygens (including phenoxy) is 1. The minimum absolute atomic E-state index is 0.0998. The first-order valence-electron chi connectivity index (χ1n) is 6.82. The van der Waals surface area contributed by atoms with E-state index in [9.17, 15) is 0 Å². The summed E-state index contributed by atoms with van der Waals surface area (Å²) in [5.74, 6) is 0.730. The molecule has 0 amide bonds. The van der Waals surface area contributed by atoms with E-state index in [2.05, 4.69) is 17.3 Å². The second kappa shape index (κ2) is 7.16. The highest BCUT2D eigenvalue weighted by molar-refractivity contribution is 6.31. The second-order valence-electron chi connectivity index (χ2n) is 4.77. The first kappa shape index (κ1) is 16.1. The SMILES string of the molecule is CCCNC(c1ccc(Cl)cc1OC)c1c(Cl)cnn1C. The van der Waals surface area contributed by atoms with Crippen molar-refractivity contribution in [1.29, 1.82) is 0 Å². The molecule has 0 radical (unpaired) electrons. The summed E-state index contributed by atoms with van der Waals surface area (Å²) in [5.41, 5.74) is 1.89. The summed E-state index contributed by atoms with van der Waals surface area (Å²) in [4.78, 5) is 0. The highest BCUT2D eigenvalue weighted by Crippen LogP contribution is 2.34. The Morgan fingerprint density at radius 2 is 2.14 bits per heavy atom. The fourth-order valence-corrected chi connectivity index (χ4v) is 2.75. The topological polar surface area (TPSA) is 39.1 Å². The van der Waals surface area contributed by atoms with Crippen LogP contribution in [0.15, 0.2) is 24.4 Å². The van der Waals surface area contributed by atoms with Crippen LogP contribution in [0.4, 0.5) is 0 Å². The standard InChI is InChI=1S/C15H19Cl2N3O/c1-4-7-18-14(15-12(17)9-19-20(15)2)11-6-5-10(16)8-13(11)21-3/h5-6,8-9,14,18H,4,7H2,1-3H3. The molecular weight excluding hydrogens is 309 g/mol. The van der Waals surface area contributed by atoms with Crippen molar-refractivity contribution in [3.8, 4) is 5.75 Å². The highest BCUT2D eigenvalue weighted by Gasteiger charge is 2.23.